The number of halogens is 1. The van der Waals surface area contributed by atoms with Crippen molar-refractivity contribution in [1.29, 1.82) is 0 Å². The molecule has 3 nitrogen and oxygen atoms in total. The molecule has 1 rings (SSSR count). The van der Waals surface area contributed by atoms with E-state index in [2.05, 4.69) is 24.3 Å². The Morgan fingerprint density at radius 3 is 1.54 bits per heavy atom. The molecule has 1 aromatic carbocycles. The summed E-state index contributed by atoms with van der Waals surface area (Å²) in [6.07, 6.45) is 13.5. The highest BCUT2D eigenvalue weighted by Gasteiger charge is 2.28. The number of methoxy groups -OCH3 is 3. The van der Waals surface area contributed by atoms with Crippen LogP contribution in [0.25, 0.3) is 0 Å². The van der Waals surface area contributed by atoms with Crippen molar-refractivity contribution >= 4 is 11.6 Å². The fraction of sp³-hybridized carbons (Fsp3) is 0.727. The molecule has 26 heavy (non-hydrogen) atoms. The van der Waals surface area contributed by atoms with E-state index in [4.69, 9.17) is 25.8 Å². The molecule has 0 radical (unpaired) electrons. The first-order valence-electron chi connectivity index (χ1n) is 9.99. The molecule has 0 aliphatic rings. The van der Waals surface area contributed by atoms with Crippen LogP contribution in [0.5, 0.6) is 0 Å². The van der Waals surface area contributed by atoms with Crippen LogP contribution < -0.4 is 0 Å². The van der Waals surface area contributed by atoms with E-state index in [-0.39, 0.29) is 0 Å². The minimum Gasteiger partial charge on any atom is -0.331 e. The summed E-state index contributed by atoms with van der Waals surface area (Å²) in [6.45, 7) is 0. The van der Waals surface area contributed by atoms with Crippen molar-refractivity contribution < 1.29 is 14.2 Å². The Morgan fingerprint density at radius 1 is 0.654 bits per heavy atom. The zero-order chi connectivity index (χ0) is 19.1. The summed E-state index contributed by atoms with van der Waals surface area (Å²) in [5, 5.41) is 0. The smallest absolute Gasteiger partial charge is 0.282 e. The summed E-state index contributed by atoms with van der Waals surface area (Å²) in [5.41, 5.74) is 2.63. The molecular weight excluding hydrogens is 348 g/mol. The van der Waals surface area contributed by atoms with Gasteiger partial charge in [-0.15, -0.1) is 11.6 Å². The van der Waals surface area contributed by atoms with Crippen LogP contribution in [0.2, 0.25) is 0 Å². The molecular formula is C22H37ClO3. The Morgan fingerprint density at radius 2 is 1.08 bits per heavy atom. The molecule has 150 valence electrons. The van der Waals surface area contributed by atoms with Gasteiger partial charge in [0.05, 0.1) is 0 Å². The van der Waals surface area contributed by atoms with Crippen molar-refractivity contribution in [2.24, 2.45) is 0 Å². The van der Waals surface area contributed by atoms with E-state index in [1.165, 1.54) is 68.9 Å². The highest BCUT2D eigenvalue weighted by Crippen LogP contribution is 2.21. The van der Waals surface area contributed by atoms with Crippen LogP contribution in [0, 0.1) is 0 Å². The quantitative estimate of drug-likeness (QED) is 0.186. The van der Waals surface area contributed by atoms with Gasteiger partial charge in [-0.1, -0.05) is 69.2 Å². The average molecular weight is 385 g/mol. The lowest BCUT2D eigenvalue weighted by Gasteiger charge is -2.28. The fourth-order valence-corrected chi connectivity index (χ4v) is 3.44. The molecule has 0 fully saturated rings. The molecule has 0 aliphatic carbocycles. The molecule has 0 amide bonds. The zero-order valence-corrected chi connectivity index (χ0v) is 17.7. The molecule has 0 unspecified atom stereocenters. The van der Waals surface area contributed by atoms with Gasteiger partial charge in [0, 0.05) is 33.6 Å². The Balaban J connectivity index is 1.93. The SMILES string of the molecule is COC(CCCCCCCCCCCc1ccc(CCl)cc1)(OC)OC. The number of rotatable bonds is 16. The number of unbranched alkanes of at least 4 members (excludes halogenated alkanes) is 8. The van der Waals surface area contributed by atoms with Gasteiger partial charge in [0.15, 0.2) is 0 Å². The number of alkyl halides is 1. The van der Waals surface area contributed by atoms with Gasteiger partial charge in [0.1, 0.15) is 0 Å². The van der Waals surface area contributed by atoms with Crippen molar-refractivity contribution in [3.63, 3.8) is 0 Å². The first-order valence-corrected chi connectivity index (χ1v) is 10.5. The maximum atomic E-state index is 5.82. The fourth-order valence-electron chi connectivity index (χ4n) is 3.26. The zero-order valence-electron chi connectivity index (χ0n) is 16.9. The van der Waals surface area contributed by atoms with E-state index in [9.17, 15) is 0 Å². The van der Waals surface area contributed by atoms with Crippen LogP contribution >= 0.6 is 11.6 Å². The van der Waals surface area contributed by atoms with E-state index in [0.29, 0.717) is 5.88 Å². The number of benzene rings is 1. The molecule has 0 N–H and O–H groups in total. The van der Waals surface area contributed by atoms with Crippen molar-refractivity contribution in [3.8, 4) is 0 Å². The summed E-state index contributed by atoms with van der Waals surface area (Å²) < 4.78 is 15.9. The maximum absolute atomic E-state index is 5.82. The molecule has 0 saturated carbocycles. The van der Waals surface area contributed by atoms with Crippen LogP contribution in [-0.2, 0) is 26.5 Å². The number of ether oxygens (including phenoxy) is 3. The van der Waals surface area contributed by atoms with Gasteiger partial charge in [-0.05, 0) is 30.4 Å². The van der Waals surface area contributed by atoms with Gasteiger partial charge >= 0.3 is 0 Å². The minimum atomic E-state index is -0.857. The molecule has 0 bridgehead atoms. The van der Waals surface area contributed by atoms with E-state index >= 15 is 0 Å². The van der Waals surface area contributed by atoms with E-state index in [1.807, 2.05) is 0 Å². The molecule has 0 heterocycles. The van der Waals surface area contributed by atoms with Gasteiger partial charge in [-0.2, -0.15) is 0 Å². The molecule has 0 spiro atoms. The number of aryl methyl sites for hydroxylation is 1. The van der Waals surface area contributed by atoms with E-state index < -0.39 is 5.97 Å². The molecule has 4 heteroatoms. The van der Waals surface area contributed by atoms with Gasteiger partial charge in [-0.3, -0.25) is 0 Å². The largest absolute Gasteiger partial charge is 0.331 e. The van der Waals surface area contributed by atoms with Gasteiger partial charge < -0.3 is 14.2 Å². The summed E-state index contributed by atoms with van der Waals surface area (Å²) in [4.78, 5) is 0. The third kappa shape index (κ3) is 9.36. The molecule has 0 aromatic heterocycles. The Kier molecular flexibility index (Phi) is 13.0. The van der Waals surface area contributed by atoms with Crippen molar-refractivity contribution in [3.05, 3.63) is 35.4 Å². The number of hydrogen-bond acceptors (Lipinski definition) is 3. The number of hydrogen-bond donors (Lipinski definition) is 0. The van der Waals surface area contributed by atoms with Crippen molar-refractivity contribution in [2.75, 3.05) is 21.3 Å². The highest BCUT2D eigenvalue weighted by atomic mass is 35.5. The summed E-state index contributed by atoms with van der Waals surface area (Å²) >= 11 is 5.82. The predicted molar refractivity (Wildman–Crippen MR) is 110 cm³/mol. The Bertz CT molecular complexity index is 435. The second kappa shape index (κ2) is 14.4. The molecule has 0 atom stereocenters. The Labute approximate surface area is 165 Å². The Hall–Kier alpha value is -0.610. The normalized spacial score (nSPS) is 11.8. The van der Waals surface area contributed by atoms with Crippen LogP contribution in [0.3, 0.4) is 0 Å². The molecule has 0 aliphatic heterocycles. The van der Waals surface area contributed by atoms with Gasteiger partial charge in [-0.25, -0.2) is 0 Å². The monoisotopic (exact) mass is 384 g/mol. The van der Waals surface area contributed by atoms with Gasteiger partial charge in [0.25, 0.3) is 5.97 Å². The third-order valence-electron chi connectivity index (χ3n) is 5.06. The third-order valence-corrected chi connectivity index (χ3v) is 5.37. The van der Waals surface area contributed by atoms with Crippen molar-refractivity contribution in [1.82, 2.24) is 0 Å². The van der Waals surface area contributed by atoms with E-state index in [1.54, 1.807) is 21.3 Å². The topological polar surface area (TPSA) is 27.7 Å². The lowest BCUT2D eigenvalue weighted by atomic mass is 10.0. The van der Waals surface area contributed by atoms with Crippen LogP contribution in [-0.4, -0.2) is 27.3 Å². The standard InChI is InChI=1S/C22H37ClO3/c1-24-22(25-2,26-3)18-12-10-8-6-4-5-7-9-11-13-20-14-16-21(19-23)17-15-20/h14-17H,4-13,18-19H2,1-3H3. The van der Waals surface area contributed by atoms with Crippen molar-refractivity contribution in [2.45, 2.75) is 82.5 Å². The van der Waals surface area contributed by atoms with Crippen LogP contribution in [0.4, 0.5) is 0 Å². The minimum absolute atomic E-state index is 0.603. The molecule has 0 saturated heterocycles. The predicted octanol–water partition coefficient (Wildman–Crippen LogP) is 6.46. The lowest BCUT2D eigenvalue weighted by Crippen LogP contribution is -2.35. The first kappa shape index (κ1) is 23.4. The average Bonchev–Trinajstić information content (AvgIpc) is 2.70. The van der Waals surface area contributed by atoms with Gasteiger partial charge in [0.2, 0.25) is 0 Å². The summed E-state index contributed by atoms with van der Waals surface area (Å²) in [5.74, 6) is -0.253. The second-order valence-corrected chi connectivity index (χ2v) is 7.19. The maximum Gasteiger partial charge on any atom is 0.282 e. The summed E-state index contributed by atoms with van der Waals surface area (Å²) in [7, 11) is 4.88. The highest BCUT2D eigenvalue weighted by molar-refractivity contribution is 6.17. The second-order valence-electron chi connectivity index (χ2n) is 6.93. The molecule has 1 aromatic rings. The van der Waals surface area contributed by atoms with Crippen LogP contribution in [0.1, 0.15) is 75.3 Å². The van der Waals surface area contributed by atoms with E-state index in [0.717, 1.165) is 12.8 Å². The first-order chi connectivity index (χ1) is 12.7. The lowest BCUT2D eigenvalue weighted by molar-refractivity contribution is -0.355. The summed E-state index contributed by atoms with van der Waals surface area (Å²) in [6, 6.07) is 8.70. The van der Waals surface area contributed by atoms with Crippen LogP contribution in [0.15, 0.2) is 24.3 Å².